The van der Waals surface area contributed by atoms with Crippen molar-refractivity contribution >= 4 is 5.78 Å². The summed E-state index contributed by atoms with van der Waals surface area (Å²) in [4.78, 5) is 12.5. The lowest BCUT2D eigenvalue weighted by atomic mass is 9.79. The van der Waals surface area contributed by atoms with Crippen molar-refractivity contribution in [2.75, 3.05) is 6.61 Å². The van der Waals surface area contributed by atoms with E-state index in [9.17, 15) is 4.79 Å². The summed E-state index contributed by atoms with van der Waals surface area (Å²) in [6.45, 7) is 6.69. The molecule has 0 heterocycles. The van der Waals surface area contributed by atoms with Gasteiger partial charge in [-0.15, -0.1) is 0 Å². The third-order valence-electron chi connectivity index (χ3n) is 4.21. The Kier molecular flexibility index (Phi) is 5.36. The molecule has 0 amide bonds. The average Bonchev–Trinajstić information content (AvgIpc) is 2.44. The van der Waals surface area contributed by atoms with Gasteiger partial charge in [-0.1, -0.05) is 38.1 Å². The molecule has 0 radical (unpaired) electrons. The first-order chi connectivity index (χ1) is 9.63. The molecule has 0 spiro atoms. The Morgan fingerprint density at radius 3 is 2.80 bits per heavy atom. The zero-order valence-corrected chi connectivity index (χ0v) is 12.9. The Hall–Kier alpha value is -1.15. The van der Waals surface area contributed by atoms with Crippen LogP contribution >= 0.6 is 0 Å². The Morgan fingerprint density at radius 1 is 1.35 bits per heavy atom. The standard InChI is InChI=1S/C18H26O2/c1-4-20-18(13(2)3)17(19)12-15-10-7-9-14-8-5-6-11-16(14)15/h5-6,8,11,13,15,18H,4,7,9-10,12H2,1-3H3. The number of carbonyl (C=O) groups is 1. The van der Waals surface area contributed by atoms with Crippen LogP contribution in [0.5, 0.6) is 0 Å². The number of ketones is 1. The fourth-order valence-electron chi connectivity index (χ4n) is 3.26. The number of aryl methyl sites for hydroxylation is 1. The number of hydrogen-bond donors (Lipinski definition) is 0. The largest absolute Gasteiger partial charge is 0.370 e. The number of rotatable bonds is 6. The van der Waals surface area contributed by atoms with Gasteiger partial charge in [-0.2, -0.15) is 0 Å². The lowest BCUT2D eigenvalue weighted by Crippen LogP contribution is -2.31. The predicted octanol–water partition coefficient (Wildman–Crippen LogP) is 4.13. The number of Topliss-reactive ketones (excluding diaryl/α,β-unsaturated/α-hetero) is 1. The van der Waals surface area contributed by atoms with Gasteiger partial charge in [0.15, 0.2) is 5.78 Å². The molecular formula is C18H26O2. The van der Waals surface area contributed by atoms with Gasteiger partial charge in [-0.25, -0.2) is 0 Å². The smallest absolute Gasteiger partial charge is 0.162 e. The van der Waals surface area contributed by atoms with Crippen molar-refractivity contribution in [3.63, 3.8) is 0 Å². The second-order valence-electron chi connectivity index (χ2n) is 6.08. The van der Waals surface area contributed by atoms with Crippen LogP contribution in [-0.4, -0.2) is 18.5 Å². The first kappa shape index (κ1) is 15.2. The molecule has 0 bridgehead atoms. The molecule has 1 aliphatic carbocycles. The summed E-state index contributed by atoms with van der Waals surface area (Å²) in [6.07, 6.45) is 3.85. The van der Waals surface area contributed by atoms with Crippen LogP contribution in [0.1, 0.15) is 57.1 Å². The van der Waals surface area contributed by atoms with E-state index in [0.29, 0.717) is 18.9 Å². The van der Waals surface area contributed by atoms with E-state index in [1.165, 1.54) is 17.5 Å². The van der Waals surface area contributed by atoms with E-state index >= 15 is 0 Å². The highest BCUT2D eigenvalue weighted by Crippen LogP contribution is 2.34. The average molecular weight is 274 g/mol. The summed E-state index contributed by atoms with van der Waals surface area (Å²) in [5, 5.41) is 0. The Bertz CT molecular complexity index is 450. The molecular weight excluding hydrogens is 248 g/mol. The molecule has 2 rings (SSSR count). The maximum atomic E-state index is 12.5. The molecule has 0 saturated carbocycles. The fraction of sp³-hybridized carbons (Fsp3) is 0.611. The van der Waals surface area contributed by atoms with Crippen LogP contribution in [0, 0.1) is 5.92 Å². The summed E-state index contributed by atoms with van der Waals surface area (Å²) in [5.41, 5.74) is 2.81. The molecule has 2 nitrogen and oxygen atoms in total. The zero-order chi connectivity index (χ0) is 14.5. The monoisotopic (exact) mass is 274 g/mol. The van der Waals surface area contributed by atoms with Crippen LogP contribution in [0.2, 0.25) is 0 Å². The van der Waals surface area contributed by atoms with E-state index < -0.39 is 0 Å². The van der Waals surface area contributed by atoms with Crippen LogP contribution in [0.4, 0.5) is 0 Å². The van der Waals surface area contributed by atoms with Gasteiger partial charge in [0.05, 0.1) is 0 Å². The van der Waals surface area contributed by atoms with Gasteiger partial charge >= 0.3 is 0 Å². The molecule has 0 saturated heterocycles. The Balaban J connectivity index is 2.08. The molecule has 0 aliphatic heterocycles. The third-order valence-corrected chi connectivity index (χ3v) is 4.21. The van der Waals surface area contributed by atoms with E-state index in [2.05, 4.69) is 38.1 Å². The van der Waals surface area contributed by atoms with Gasteiger partial charge in [0.1, 0.15) is 6.10 Å². The minimum atomic E-state index is -0.242. The van der Waals surface area contributed by atoms with Crippen molar-refractivity contribution in [1.29, 1.82) is 0 Å². The van der Waals surface area contributed by atoms with Crippen LogP contribution in [0.3, 0.4) is 0 Å². The summed E-state index contributed by atoms with van der Waals surface area (Å²) in [6, 6.07) is 8.58. The maximum absolute atomic E-state index is 12.5. The summed E-state index contributed by atoms with van der Waals surface area (Å²) in [7, 11) is 0. The number of ether oxygens (including phenoxy) is 1. The highest BCUT2D eigenvalue weighted by Gasteiger charge is 2.28. The summed E-state index contributed by atoms with van der Waals surface area (Å²) < 4.78 is 5.65. The number of hydrogen-bond acceptors (Lipinski definition) is 2. The predicted molar refractivity (Wildman–Crippen MR) is 82.0 cm³/mol. The first-order valence-corrected chi connectivity index (χ1v) is 7.85. The quantitative estimate of drug-likeness (QED) is 0.779. The second-order valence-corrected chi connectivity index (χ2v) is 6.08. The van der Waals surface area contributed by atoms with Crippen molar-refractivity contribution in [1.82, 2.24) is 0 Å². The number of fused-ring (bicyclic) bond motifs is 1. The van der Waals surface area contributed by atoms with Gasteiger partial charge in [-0.05, 0) is 49.1 Å². The lowest BCUT2D eigenvalue weighted by molar-refractivity contribution is -0.133. The maximum Gasteiger partial charge on any atom is 0.162 e. The molecule has 0 aromatic heterocycles. The number of carbonyl (C=O) groups excluding carboxylic acids is 1. The molecule has 2 unspecified atom stereocenters. The SMILES string of the molecule is CCOC(C(=O)CC1CCCc2ccccc21)C(C)C. The van der Waals surface area contributed by atoms with Crippen molar-refractivity contribution in [2.45, 2.75) is 58.5 Å². The van der Waals surface area contributed by atoms with Gasteiger partial charge in [-0.3, -0.25) is 4.79 Å². The molecule has 1 aliphatic rings. The highest BCUT2D eigenvalue weighted by molar-refractivity contribution is 5.84. The van der Waals surface area contributed by atoms with E-state index in [4.69, 9.17) is 4.74 Å². The molecule has 1 aromatic carbocycles. The van der Waals surface area contributed by atoms with Gasteiger partial charge < -0.3 is 4.74 Å². The van der Waals surface area contributed by atoms with E-state index in [-0.39, 0.29) is 17.8 Å². The van der Waals surface area contributed by atoms with Gasteiger partial charge in [0.2, 0.25) is 0 Å². The Morgan fingerprint density at radius 2 is 2.10 bits per heavy atom. The summed E-state index contributed by atoms with van der Waals surface area (Å²) >= 11 is 0. The summed E-state index contributed by atoms with van der Waals surface area (Å²) in [5.74, 6) is 0.902. The topological polar surface area (TPSA) is 26.3 Å². The minimum absolute atomic E-state index is 0.242. The number of benzene rings is 1. The molecule has 2 heteroatoms. The highest BCUT2D eigenvalue weighted by atomic mass is 16.5. The van der Waals surface area contributed by atoms with Crippen LogP contribution in [0.15, 0.2) is 24.3 Å². The van der Waals surface area contributed by atoms with Crippen LogP contribution < -0.4 is 0 Å². The van der Waals surface area contributed by atoms with Crippen LogP contribution in [-0.2, 0) is 16.0 Å². The van der Waals surface area contributed by atoms with E-state index in [0.717, 1.165) is 12.8 Å². The van der Waals surface area contributed by atoms with Crippen molar-refractivity contribution < 1.29 is 9.53 Å². The Labute approximate surface area is 122 Å². The van der Waals surface area contributed by atoms with E-state index in [1.807, 2.05) is 6.92 Å². The minimum Gasteiger partial charge on any atom is -0.370 e. The second kappa shape index (κ2) is 7.03. The molecule has 1 aromatic rings. The molecule has 0 N–H and O–H groups in total. The molecule has 110 valence electrons. The first-order valence-electron chi connectivity index (χ1n) is 7.85. The van der Waals surface area contributed by atoms with Crippen molar-refractivity contribution in [3.8, 4) is 0 Å². The van der Waals surface area contributed by atoms with Crippen LogP contribution in [0.25, 0.3) is 0 Å². The van der Waals surface area contributed by atoms with Crippen molar-refractivity contribution in [3.05, 3.63) is 35.4 Å². The van der Waals surface area contributed by atoms with E-state index in [1.54, 1.807) is 0 Å². The zero-order valence-electron chi connectivity index (χ0n) is 12.9. The van der Waals surface area contributed by atoms with Gasteiger partial charge in [0, 0.05) is 13.0 Å². The fourth-order valence-corrected chi connectivity index (χ4v) is 3.26. The molecule has 2 atom stereocenters. The normalized spacial score (nSPS) is 19.7. The molecule has 20 heavy (non-hydrogen) atoms. The molecule has 0 fully saturated rings. The lowest BCUT2D eigenvalue weighted by Gasteiger charge is -2.27. The van der Waals surface area contributed by atoms with Crippen molar-refractivity contribution in [2.24, 2.45) is 5.92 Å². The third kappa shape index (κ3) is 3.49. The van der Waals surface area contributed by atoms with Gasteiger partial charge in [0.25, 0.3) is 0 Å².